The molecule has 6 nitrogen and oxygen atoms in total. The van der Waals surface area contributed by atoms with Gasteiger partial charge >= 0.3 is 0 Å². The average molecular weight is 355 g/mol. The first-order valence-electron chi connectivity index (χ1n) is 8.61. The summed E-state index contributed by atoms with van der Waals surface area (Å²) < 4.78 is 1.92. The van der Waals surface area contributed by atoms with Gasteiger partial charge in [-0.25, -0.2) is 0 Å². The Hall–Kier alpha value is -2.41. The van der Waals surface area contributed by atoms with Gasteiger partial charge in [-0.15, -0.1) is 10.2 Å². The van der Waals surface area contributed by atoms with E-state index in [4.69, 9.17) is 0 Å². The number of piperidine rings is 1. The molecule has 1 N–H and O–H groups in total. The Bertz CT molecular complexity index is 906. The molecule has 0 radical (unpaired) electrons. The van der Waals surface area contributed by atoms with E-state index in [2.05, 4.69) is 32.5 Å². The number of nitrogens with zero attached hydrogens (tertiary/aromatic N) is 4. The highest BCUT2D eigenvalue weighted by molar-refractivity contribution is 7.19. The van der Waals surface area contributed by atoms with Crippen molar-refractivity contribution in [1.82, 2.24) is 14.6 Å². The zero-order valence-electron chi connectivity index (χ0n) is 14.5. The Kier molecular flexibility index (Phi) is 4.17. The van der Waals surface area contributed by atoms with Gasteiger partial charge in [-0.3, -0.25) is 9.20 Å². The Morgan fingerprint density at radius 2 is 1.80 bits per heavy atom. The van der Waals surface area contributed by atoms with Gasteiger partial charge in [0.2, 0.25) is 4.96 Å². The first kappa shape index (κ1) is 16.1. The Morgan fingerprint density at radius 3 is 2.48 bits per heavy atom. The number of nitrogens with one attached hydrogen (secondary N) is 1. The number of carbonyl (C=O) groups excluding carboxylic acids is 1. The summed E-state index contributed by atoms with van der Waals surface area (Å²) in [5.41, 5.74) is 2.92. The summed E-state index contributed by atoms with van der Waals surface area (Å²) in [5, 5.41) is 11.1. The number of hydrogen-bond donors (Lipinski definition) is 1. The van der Waals surface area contributed by atoms with Crippen LogP contribution in [-0.2, 0) is 0 Å². The number of rotatable bonds is 3. The molecule has 1 amide bonds. The molecule has 1 fully saturated rings. The van der Waals surface area contributed by atoms with E-state index >= 15 is 0 Å². The fourth-order valence-corrected chi connectivity index (χ4v) is 4.38. The van der Waals surface area contributed by atoms with E-state index in [1.165, 1.54) is 36.3 Å². The quantitative estimate of drug-likeness (QED) is 0.779. The lowest BCUT2D eigenvalue weighted by Gasteiger charge is -2.28. The van der Waals surface area contributed by atoms with Crippen molar-refractivity contribution in [2.75, 3.05) is 23.3 Å². The van der Waals surface area contributed by atoms with E-state index in [1.54, 1.807) is 0 Å². The molecule has 0 aliphatic carbocycles. The Morgan fingerprint density at radius 1 is 1.08 bits per heavy atom. The van der Waals surface area contributed by atoms with E-state index in [0.29, 0.717) is 4.88 Å². The summed E-state index contributed by atoms with van der Waals surface area (Å²) in [7, 11) is 0. The molecule has 4 rings (SSSR count). The largest absolute Gasteiger partial charge is 0.372 e. The number of benzene rings is 1. The van der Waals surface area contributed by atoms with Crippen LogP contribution in [0.3, 0.4) is 0 Å². The number of amides is 1. The number of carbonyl (C=O) groups is 1. The highest BCUT2D eigenvalue weighted by Crippen LogP contribution is 2.25. The van der Waals surface area contributed by atoms with E-state index < -0.39 is 0 Å². The SMILES string of the molecule is Cc1nnc2sc(C(=O)Nc3ccc(N4CCCCC4)cc3)c(C)n12. The van der Waals surface area contributed by atoms with Crippen molar-refractivity contribution in [3.05, 3.63) is 40.7 Å². The van der Waals surface area contributed by atoms with Gasteiger partial charge < -0.3 is 10.2 Å². The van der Waals surface area contributed by atoms with Crippen LogP contribution in [0.25, 0.3) is 4.96 Å². The third-order valence-corrected chi connectivity index (χ3v) is 5.84. The number of anilines is 2. The molecule has 1 saturated heterocycles. The maximum atomic E-state index is 12.6. The van der Waals surface area contributed by atoms with E-state index in [0.717, 1.165) is 35.3 Å². The zero-order valence-corrected chi connectivity index (χ0v) is 15.3. The van der Waals surface area contributed by atoms with Crippen LogP contribution < -0.4 is 10.2 Å². The molecule has 0 atom stereocenters. The van der Waals surface area contributed by atoms with Gasteiger partial charge in [0, 0.05) is 30.2 Å². The molecule has 0 spiro atoms. The smallest absolute Gasteiger partial charge is 0.267 e. The topological polar surface area (TPSA) is 62.5 Å². The maximum absolute atomic E-state index is 12.6. The maximum Gasteiger partial charge on any atom is 0.267 e. The second-order valence-corrected chi connectivity index (χ2v) is 7.41. The van der Waals surface area contributed by atoms with Crippen LogP contribution in [0.15, 0.2) is 24.3 Å². The molecule has 3 aromatic rings. The molecule has 1 aliphatic heterocycles. The van der Waals surface area contributed by atoms with Gasteiger partial charge in [0.1, 0.15) is 10.7 Å². The molecule has 1 aliphatic rings. The van der Waals surface area contributed by atoms with Gasteiger partial charge in [-0.1, -0.05) is 11.3 Å². The monoisotopic (exact) mass is 355 g/mol. The van der Waals surface area contributed by atoms with Gasteiger partial charge in [0.15, 0.2) is 0 Å². The fourth-order valence-electron chi connectivity index (χ4n) is 3.37. The summed E-state index contributed by atoms with van der Waals surface area (Å²) in [4.78, 5) is 16.5. The molecule has 3 heterocycles. The summed E-state index contributed by atoms with van der Waals surface area (Å²) in [5.74, 6) is 0.701. The van der Waals surface area contributed by atoms with Gasteiger partial charge in [-0.2, -0.15) is 0 Å². The minimum atomic E-state index is -0.0990. The second kappa shape index (κ2) is 6.48. The Balaban J connectivity index is 1.50. The second-order valence-electron chi connectivity index (χ2n) is 6.43. The van der Waals surface area contributed by atoms with Crippen molar-refractivity contribution in [2.45, 2.75) is 33.1 Å². The minimum Gasteiger partial charge on any atom is -0.372 e. The van der Waals surface area contributed by atoms with Gasteiger partial charge in [0.25, 0.3) is 5.91 Å². The highest BCUT2D eigenvalue weighted by Gasteiger charge is 2.18. The van der Waals surface area contributed by atoms with Gasteiger partial charge in [0.05, 0.1) is 0 Å². The molecule has 0 unspecified atom stereocenters. The van der Waals surface area contributed by atoms with Crippen LogP contribution in [0.4, 0.5) is 11.4 Å². The van der Waals surface area contributed by atoms with Crippen LogP contribution in [0, 0.1) is 13.8 Å². The van der Waals surface area contributed by atoms with Gasteiger partial charge in [-0.05, 0) is 57.4 Å². The van der Waals surface area contributed by atoms with Crippen molar-refractivity contribution < 1.29 is 4.79 Å². The Labute approximate surface area is 150 Å². The third kappa shape index (κ3) is 3.00. The summed E-state index contributed by atoms with van der Waals surface area (Å²) in [6.45, 7) is 6.05. The van der Waals surface area contributed by atoms with E-state index in [9.17, 15) is 4.79 Å². The van der Waals surface area contributed by atoms with Crippen molar-refractivity contribution in [3.8, 4) is 0 Å². The number of aromatic nitrogens is 3. The van der Waals surface area contributed by atoms with Crippen molar-refractivity contribution in [2.24, 2.45) is 0 Å². The van der Waals surface area contributed by atoms with Crippen LogP contribution in [-0.4, -0.2) is 33.6 Å². The molecule has 0 saturated carbocycles. The highest BCUT2D eigenvalue weighted by atomic mass is 32.1. The standard InChI is InChI=1S/C18H21N5OS/c1-12-16(25-18-21-20-13(2)23(12)18)17(24)19-14-6-8-15(9-7-14)22-10-4-3-5-11-22/h6-9H,3-5,10-11H2,1-2H3,(H,19,24). The molecule has 0 bridgehead atoms. The van der Waals surface area contributed by atoms with E-state index in [1.807, 2.05) is 30.4 Å². The fraction of sp³-hybridized carbons (Fsp3) is 0.389. The number of fused-ring (bicyclic) bond motifs is 1. The van der Waals surface area contributed by atoms with Crippen LogP contribution in [0.2, 0.25) is 0 Å². The summed E-state index contributed by atoms with van der Waals surface area (Å²) in [6, 6.07) is 8.12. The van der Waals surface area contributed by atoms with E-state index in [-0.39, 0.29) is 5.91 Å². The molecule has 1 aromatic carbocycles. The average Bonchev–Trinajstić information content (AvgIpc) is 3.17. The third-order valence-electron chi connectivity index (χ3n) is 4.71. The lowest BCUT2D eigenvalue weighted by atomic mass is 10.1. The first-order valence-corrected chi connectivity index (χ1v) is 9.42. The predicted molar refractivity (Wildman–Crippen MR) is 101 cm³/mol. The molecule has 7 heteroatoms. The first-order chi connectivity index (χ1) is 12.1. The normalized spacial score (nSPS) is 14.9. The number of hydrogen-bond acceptors (Lipinski definition) is 5. The zero-order chi connectivity index (χ0) is 17.4. The molecule has 130 valence electrons. The van der Waals surface area contributed by atoms with Crippen LogP contribution in [0.5, 0.6) is 0 Å². The lowest BCUT2D eigenvalue weighted by molar-refractivity contribution is 0.102. The van der Waals surface area contributed by atoms with Crippen LogP contribution in [0.1, 0.15) is 40.5 Å². The molecular formula is C18H21N5OS. The molecule has 2 aromatic heterocycles. The summed E-state index contributed by atoms with van der Waals surface area (Å²) in [6.07, 6.45) is 3.84. The molecule has 25 heavy (non-hydrogen) atoms. The summed E-state index contributed by atoms with van der Waals surface area (Å²) >= 11 is 1.37. The number of thiazole rings is 1. The van der Waals surface area contributed by atoms with Crippen molar-refractivity contribution in [3.63, 3.8) is 0 Å². The number of aryl methyl sites for hydroxylation is 2. The predicted octanol–water partition coefficient (Wildman–Crippen LogP) is 3.65. The van der Waals surface area contributed by atoms with Crippen molar-refractivity contribution >= 4 is 33.6 Å². The van der Waals surface area contributed by atoms with Crippen LogP contribution >= 0.6 is 11.3 Å². The lowest BCUT2D eigenvalue weighted by Crippen LogP contribution is -2.29. The molecular weight excluding hydrogens is 334 g/mol. The minimum absolute atomic E-state index is 0.0990. The van der Waals surface area contributed by atoms with Crippen molar-refractivity contribution in [1.29, 1.82) is 0 Å².